The maximum atomic E-state index is 13.1. The molecule has 0 spiro atoms. The fraction of sp³-hybridized carbons (Fsp3) is 0.444. The van der Waals surface area contributed by atoms with E-state index in [0.29, 0.717) is 5.56 Å². The lowest BCUT2D eigenvalue weighted by Gasteiger charge is -2.32. The summed E-state index contributed by atoms with van der Waals surface area (Å²) in [6.07, 6.45) is -4.27. The van der Waals surface area contributed by atoms with E-state index >= 15 is 0 Å². The molecule has 0 radical (unpaired) electrons. The van der Waals surface area contributed by atoms with E-state index in [-0.39, 0.29) is 18.2 Å². The average Bonchev–Trinajstić information content (AvgIpc) is 3.26. The molecule has 10 heteroatoms. The second-order valence-corrected chi connectivity index (χ2v) is 6.56. The van der Waals surface area contributed by atoms with Gasteiger partial charge in [-0.2, -0.15) is 0 Å². The van der Waals surface area contributed by atoms with Gasteiger partial charge in [-0.15, -0.1) is 0 Å². The Balaban J connectivity index is 1.65. The second-order valence-electron chi connectivity index (χ2n) is 6.56. The maximum absolute atomic E-state index is 13.1. The number of aliphatic hydroxyl groups is 2. The Morgan fingerprint density at radius 1 is 1.50 bits per heavy atom. The summed E-state index contributed by atoms with van der Waals surface area (Å²) in [5.41, 5.74) is 5.15. The van der Waals surface area contributed by atoms with Gasteiger partial charge in [0, 0.05) is 12.7 Å². The Hall–Kier alpha value is -2.50. The largest absolute Gasteiger partial charge is 0.394 e. The van der Waals surface area contributed by atoms with Gasteiger partial charge >= 0.3 is 0 Å². The number of ether oxygens (including phenoxy) is 2. The van der Waals surface area contributed by atoms with Gasteiger partial charge in [-0.25, -0.2) is 9.98 Å². The minimum absolute atomic E-state index is 0.0112. The third-order valence-electron chi connectivity index (χ3n) is 4.96. The number of aliphatic imine (C=N–C) groups is 3. The normalized spacial score (nSPS) is 37.4. The fourth-order valence-corrected chi connectivity index (χ4v) is 3.51. The number of Topliss-reactive ketones (excluding diaryl/α,β-unsaturated/α-hetero) is 1. The van der Waals surface area contributed by atoms with Gasteiger partial charge < -0.3 is 24.6 Å². The first-order valence-electron chi connectivity index (χ1n) is 9.18. The number of nitrogens with zero attached hydrogens (tertiary/aromatic N) is 4. The zero-order chi connectivity index (χ0) is 20.8. The Morgan fingerprint density at radius 2 is 2.25 bits per heavy atom. The van der Waals surface area contributed by atoms with Crippen molar-refractivity contribution in [2.24, 2.45) is 20.7 Å². The lowest BCUT2D eigenvalue weighted by Crippen LogP contribution is -2.59. The minimum Gasteiger partial charge on any atom is -0.394 e. The number of amidine groups is 1. The summed E-state index contributed by atoms with van der Waals surface area (Å²) in [6, 6.07) is 8.51. The fourth-order valence-electron chi connectivity index (χ4n) is 3.51. The number of ketones is 1. The van der Waals surface area contributed by atoms with Crippen LogP contribution in [0.2, 0.25) is 0 Å². The summed E-state index contributed by atoms with van der Waals surface area (Å²) >= 11 is 0. The van der Waals surface area contributed by atoms with Gasteiger partial charge in [-0.3, -0.25) is 15.5 Å². The topological polar surface area (TPSA) is 142 Å². The Kier molecular flexibility index (Phi) is 4.49. The monoisotopic (exact) mass is 388 g/mol. The number of hydrogen-bond acceptors (Lipinski definition) is 10. The third kappa shape index (κ3) is 2.77. The van der Waals surface area contributed by atoms with E-state index in [1.165, 1.54) is 18.3 Å². The number of fused-ring (bicyclic) bond motifs is 1. The number of hydrogen-bond donors (Lipinski definition) is 3. The molecule has 0 bridgehead atoms. The van der Waals surface area contributed by atoms with Crippen LogP contribution in [0.3, 0.4) is 0 Å². The van der Waals surface area contributed by atoms with Gasteiger partial charge in [0.05, 0.1) is 7.98 Å². The summed E-state index contributed by atoms with van der Waals surface area (Å²) < 4.78 is 19.1. The molecular formula is C18H21N5O5. The summed E-state index contributed by atoms with van der Waals surface area (Å²) in [7, 11) is 1.33. The van der Waals surface area contributed by atoms with E-state index in [1.54, 1.807) is 30.3 Å². The number of carbonyl (C=O) groups excluding carboxylic acids is 1. The molecule has 4 N–H and O–H groups in total. The molecule has 0 amide bonds. The summed E-state index contributed by atoms with van der Waals surface area (Å²) in [6.45, 7) is -0.559. The van der Waals surface area contributed by atoms with Crippen molar-refractivity contribution in [2.45, 2.75) is 30.2 Å². The van der Waals surface area contributed by atoms with Crippen molar-refractivity contribution in [3.05, 3.63) is 35.9 Å². The van der Waals surface area contributed by atoms with Crippen LogP contribution in [-0.2, 0) is 9.47 Å². The van der Waals surface area contributed by atoms with Crippen LogP contribution in [0.4, 0.5) is 0 Å². The Bertz CT molecular complexity index is 905. The molecule has 0 aliphatic carbocycles. The minimum atomic E-state index is -2.18. The van der Waals surface area contributed by atoms with Gasteiger partial charge in [0.25, 0.3) is 0 Å². The van der Waals surface area contributed by atoms with Gasteiger partial charge in [-0.05, 0) is 0 Å². The van der Waals surface area contributed by atoms with E-state index in [1.807, 2.05) is 0 Å². The molecule has 3 heterocycles. The molecule has 3 aliphatic rings. The van der Waals surface area contributed by atoms with Gasteiger partial charge in [-0.1, -0.05) is 30.3 Å². The van der Waals surface area contributed by atoms with Crippen LogP contribution in [0.25, 0.3) is 0 Å². The van der Waals surface area contributed by atoms with Crippen molar-refractivity contribution in [1.29, 1.82) is 0 Å². The predicted octanol–water partition coefficient (Wildman–Crippen LogP) is -1.23. The first-order valence-corrected chi connectivity index (χ1v) is 8.68. The average molecular weight is 388 g/mol. The number of rotatable bonds is 5. The van der Waals surface area contributed by atoms with E-state index in [4.69, 9.17) is 16.6 Å². The van der Waals surface area contributed by atoms with Crippen LogP contribution in [0.1, 0.15) is 11.7 Å². The van der Waals surface area contributed by atoms with Crippen LogP contribution in [0.15, 0.2) is 45.3 Å². The Labute approximate surface area is 162 Å². The quantitative estimate of drug-likeness (QED) is 0.536. The highest BCUT2D eigenvalue weighted by Crippen LogP contribution is 2.31. The highest BCUT2D eigenvalue weighted by atomic mass is 16.6. The highest BCUT2D eigenvalue weighted by Gasteiger charge is 2.53. The summed E-state index contributed by atoms with van der Waals surface area (Å²) in [5.74, 6) is -0.198. The molecule has 0 aromatic heterocycles. The molecule has 4 rings (SSSR count). The highest BCUT2D eigenvalue weighted by molar-refractivity contribution is 6.52. The van der Waals surface area contributed by atoms with Crippen LogP contribution >= 0.6 is 0 Å². The molecule has 1 aromatic carbocycles. The van der Waals surface area contributed by atoms with Gasteiger partial charge in [0.1, 0.15) is 37.0 Å². The number of carbonyl (C=O) groups is 1. The standard InChI is InChI=1S/C18H21N5O5/c1-27-13-12(25)11(7-24)28-17(13)23-9-21-14-16(23)20-8-22-18(14,19)15(26)10-5-3-2-4-6-10/h2-6,8,11-13,17,24-25H,7,9,19H2,1H3/t11-,12-,13-,17-,18?/m1/s1/i12D. The predicted molar refractivity (Wildman–Crippen MR) is 100 cm³/mol. The molecule has 1 unspecified atom stereocenters. The van der Waals surface area contributed by atoms with E-state index in [9.17, 15) is 15.0 Å². The van der Waals surface area contributed by atoms with E-state index < -0.39 is 42.6 Å². The zero-order valence-corrected chi connectivity index (χ0v) is 15.1. The van der Waals surface area contributed by atoms with Crippen LogP contribution in [0.5, 0.6) is 0 Å². The molecule has 28 heavy (non-hydrogen) atoms. The Morgan fingerprint density at radius 3 is 2.93 bits per heavy atom. The number of methoxy groups -OCH3 is 1. The summed E-state index contributed by atoms with van der Waals surface area (Å²) in [4.78, 5) is 27.3. The molecule has 0 saturated carbocycles. The van der Waals surface area contributed by atoms with Crippen LogP contribution in [0, 0.1) is 0 Å². The van der Waals surface area contributed by atoms with E-state index in [0.717, 1.165) is 0 Å². The molecule has 5 atom stereocenters. The lowest BCUT2D eigenvalue weighted by molar-refractivity contribution is -0.0765. The van der Waals surface area contributed by atoms with Crippen molar-refractivity contribution >= 4 is 23.7 Å². The van der Waals surface area contributed by atoms with Crippen molar-refractivity contribution < 1.29 is 25.9 Å². The first-order chi connectivity index (χ1) is 13.8. The third-order valence-corrected chi connectivity index (χ3v) is 4.96. The van der Waals surface area contributed by atoms with Crippen molar-refractivity contribution in [1.82, 2.24) is 4.90 Å². The first kappa shape index (κ1) is 17.6. The smallest absolute Gasteiger partial charge is 0.219 e. The second kappa shape index (κ2) is 7.15. The van der Waals surface area contributed by atoms with Crippen LogP contribution in [-0.4, -0.2) is 89.3 Å². The number of aliphatic hydroxyl groups excluding tert-OH is 1. The molecule has 148 valence electrons. The number of nitrogens with two attached hydrogens (primary N) is 1. The molecule has 1 aromatic rings. The molecule has 3 aliphatic heterocycles. The maximum Gasteiger partial charge on any atom is 0.219 e. The molecule has 10 nitrogen and oxygen atoms in total. The van der Waals surface area contributed by atoms with E-state index in [2.05, 4.69) is 15.0 Å². The van der Waals surface area contributed by atoms with Crippen molar-refractivity contribution in [3.63, 3.8) is 0 Å². The summed E-state index contributed by atoms with van der Waals surface area (Å²) in [5, 5.41) is 19.9. The SMILES string of the molecule is [2H][C@@]1(O)[C@@H](CO)O[C@@H](N2CN=C3C2=NC=NC3(N)C(=O)c2ccccc2)[C@@H]1OC. The molecule has 1 saturated heterocycles. The van der Waals surface area contributed by atoms with Gasteiger partial charge in [0.2, 0.25) is 11.4 Å². The van der Waals surface area contributed by atoms with Crippen molar-refractivity contribution in [3.8, 4) is 0 Å². The number of benzene rings is 1. The molecule has 1 fully saturated rings. The van der Waals surface area contributed by atoms with Crippen LogP contribution < -0.4 is 5.73 Å². The molecular weight excluding hydrogens is 366 g/mol. The lowest BCUT2D eigenvalue weighted by atomic mass is 9.93. The zero-order valence-electron chi connectivity index (χ0n) is 16.1. The van der Waals surface area contributed by atoms with Gasteiger partial charge in [0.15, 0.2) is 12.1 Å². The van der Waals surface area contributed by atoms with Crippen molar-refractivity contribution in [2.75, 3.05) is 20.4 Å².